The van der Waals surface area contributed by atoms with E-state index in [1.807, 2.05) is 0 Å². The summed E-state index contributed by atoms with van der Waals surface area (Å²) in [6.45, 7) is 0.460. The monoisotopic (exact) mass is 210 g/mol. The first-order chi connectivity index (χ1) is 7.22. The van der Waals surface area contributed by atoms with Crippen LogP contribution in [0.4, 0.5) is 4.39 Å². The molecule has 4 nitrogen and oxygen atoms in total. The number of aromatic nitrogens is 2. The Hall–Kier alpha value is -1.62. The van der Waals surface area contributed by atoms with E-state index in [2.05, 4.69) is 4.98 Å². The van der Waals surface area contributed by atoms with Crippen LogP contribution < -0.4 is 5.69 Å². The van der Waals surface area contributed by atoms with Gasteiger partial charge in [-0.1, -0.05) is 0 Å². The number of hydrogen-bond acceptors (Lipinski definition) is 2. The Balaban J connectivity index is 2.53. The summed E-state index contributed by atoms with van der Waals surface area (Å²) in [5, 5.41) is 8.69. The van der Waals surface area contributed by atoms with Crippen molar-refractivity contribution in [3.05, 3.63) is 34.5 Å². The number of nitrogens with zero attached hydrogens (tertiary/aromatic N) is 1. The van der Waals surface area contributed by atoms with Crippen LogP contribution in [0.1, 0.15) is 6.42 Å². The van der Waals surface area contributed by atoms with Gasteiger partial charge in [-0.25, -0.2) is 9.18 Å². The lowest BCUT2D eigenvalue weighted by molar-refractivity contribution is 0.280. The molecule has 0 aliphatic carbocycles. The molecule has 0 amide bonds. The number of hydrogen-bond donors (Lipinski definition) is 2. The predicted octanol–water partition coefficient (Wildman–Crippen LogP) is 0.851. The van der Waals surface area contributed by atoms with E-state index in [1.165, 1.54) is 16.7 Å². The Kier molecular flexibility index (Phi) is 2.55. The third-order valence-corrected chi connectivity index (χ3v) is 2.28. The standard InChI is InChI=1S/C10H11FN2O2/c11-7-2-3-9-8(6-7)12-10(15)13(9)4-1-5-14/h2-3,6,14H,1,4-5H2,(H,12,15). The smallest absolute Gasteiger partial charge is 0.326 e. The van der Waals surface area contributed by atoms with Gasteiger partial charge >= 0.3 is 5.69 Å². The highest BCUT2D eigenvalue weighted by molar-refractivity contribution is 5.75. The van der Waals surface area contributed by atoms with E-state index in [1.54, 1.807) is 6.07 Å². The second kappa shape index (κ2) is 3.86. The molecule has 0 saturated heterocycles. The van der Waals surface area contributed by atoms with Gasteiger partial charge in [0, 0.05) is 13.2 Å². The largest absolute Gasteiger partial charge is 0.396 e. The number of aryl methyl sites for hydroxylation is 1. The van der Waals surface area contributed by atoms with Gasteiger partial charge in [0.15, 0.2) is 0 Å². The van der Waals surface area contributed by atoms with Gasteiger partial charge in [-0.15, -0.1) is 0 Å². The fourth-order valence-electron chi connectivity index (χ4n) is 1.59. The van der Waals surface area contributed by atoms with Gasteiger partial charge in [0.1, 0.15) is 5.82 Å². The molecular weight excluding hydrogens is 199 g/mol. The molecule has 0 radical (unpaired) electrons. The first-order valence-corrected chi connectivity index (χ1v) is 4.71. The topological polar surface area (TPSA) is 58.0 Å². The van der Waals surface area contributed by atoms with Gasteiger partial charge in [0.2, 0.25) is 0 Å². The summed E-state index contributed by atoms with van der Waals surface area (Å²) in [6, 6.07) is 4.15. The summed E-state index contributed by atoms with van der Waals surface area (Å²) in [6.07, 6.45) is 0.504. The van der Waals surface area contributed by atoms with Gasteiger partial charge in [0.05, 0.1) is 11.0 Å². The molecule has 0 saturated carbocycles. The molecule has 0 aliphatic heterocycles. The molecule has 1 heterocycles. The van der Waals surface area contributed by atoms with E-state index < -0.39 is 0 Å². The lowest BCUT2D eigenvalue weighted by atomic mass is 10.3. The maximum absolute atomic E-state index is 12.9. The van der Waals surface area contributed by atoms with Crippen molar-refractivity contribution < 1.29 is 9.50 Å². The van der Waals surface area contributed by atoms with Crippen molar-refractivity contribution in [3.8, 4) is 0 Å². The van der Waals surface area contributed by atoms with Crippen molar-refractivity contribution in [3.63, 3.8) is 0 Å². The minimum atomic E-state index is -0.377. The van der Waals surface area contributed by atoms with Crippen molar-refractivity contribution in [2.75, 3.05) is 6.61 Å². The first kappa shape index (κ1) is 9.92. The van der Waals surface area contributed by atoms with Crippen LogP contribution in [0.25, 0.3) is 11.0 Å². The zero-order chi connectivity index (χ0) is 10.8. The highest BCUT2D eigenvalue weighted by Gasteiger charge is 2.06. The molecule has 0 fully saturated rings. The van der Waals surface area contributed by atoms with Crippen molar-refractivity contribution in [2.45, 2.75) is 13.0 Å². The lowest BCUT2D eigenvalue weighted by Crippen LogP contribution is -2.17. The minimum absolute atomic E-state index is 0.0281. The van der Waals surface area contributed by atoms with Crippen molar-refractivity contribution >= 4 is 11.0 Å². The van der Waals surface area contributed by atoms with Gasteiger partial charge in [0.25, 0.3) is 0 Å². The highest BCUT2D eigenvalue weighted by atomic mass is 19.1. The van der Waals surface area contributed by atoms with Crippen LogP contribution in [0.3, 0.4) is 0 Å². The Bertz CT molecular complexity index is 530. The third kappa shape index (κ3) is 1.78. The molecular formula is C10H11FN2O2. The van der Waals surface area contributed by atoms with Crippen LogP contribution in [-0.4, -0.2) is 21.3 Å². The number of H-pyrrole nitrogens is 1. The Morgan fingerprint density at radius 2 is 2.27 bits per heavy atom. The Labute approximate surface area is 85.0 Å². The van der Waals surface area contributed by atoms with Crippen molar-refractivity contribution in [1.82, 2.24) is 9.55 Å². The Morgan fingerprint density at radius 3 is 3.00 bits per heavy atom. The molecule has 1 aromatic carbocycles. The average molecular weight is 210 g/mol. The molecule has 80 valence electrons. The number of rotatable bonds is 3. The number of nitrogens with one attached hydrogen (secondary N) is 1. The average Bonchev–Trinajstić information content (AvgIpc) is 2.50. The fraction of sp³-hybridized carbons (Fsp3) is 0.300. The van der Waals surface area contributed by atoms with E-state index >= 15 is 0 Å². The maximum Gasteiger partial charge on any atom is 0.326 e. The second-order valence-corrected chi connectivity index (χ2v) is 3.32. The van der Waals surface area contributed by atoms with Crippen LogP contribution in [0.5, 0.6) is 0 Å². The van der Waals surface area contributed by atoms with E-state index in [0.717, 1.165) is 0 Å². The predicted molar refractivity (Wildman–Crippen MR) is 54.2 cm³/mol. The normalized spacial score (nSPS) is 11.1. The molecule has 0 spiro atoms. The van der Waals surface area contributed by atoms with Crippen LogP contribution in [0.2, 0.25) is 0 Å². The number of aliphatic hydroxyl groups is 1. The number of aromatic amines is 1. The number of fused-ring (bicyclic) bond motifs is 1. The lowest BCUT2D eigenvalue weighted by Gasteiger charge is -2.00. The molecule has 5 heteroatoms. The molecule has 1 aromatic heterocycles. The molecule has 2 aromatic rings. The van der Waals surface area contributed by atoms with Crippen LogP contribution in [-0.2, 0) is 6.54 Å². The molecule has 15 heavy (non-hydrogen) atoms. The van der Waals surface area contributed by atoms with Crippen molar-refractivity contribution in [2.24, 2.45) is 0 Å². The first-order valence-electron chi connectivity index (χ1n) is 4.71. The molecule has 0 unspecified atom stereocenters. The van der Waals surface area contributed by atoms with E-state index in [9.17, 15) is 9.18 Å². The van der Waals surface area contributed by atoms with Gasteiger partial charge in [-0.2, -0.15) is 0 Å². The molecule has 0 atom stereocenters. The summed E-state index contributed by atoms with van der Waals surface area (Å²) >= 11 is 0. The minimum Gasteiger partial charge on any atom is -0.396 e. The molecule has 2 rings (SSSR count). The second-order valence-electron chi connectivity index (χ2n) is 3.32. The zero-order valence-corrected chi connectivity index (χ0v) is 8.03. The molecule has 0 bridgehead atoms. The van der Waals surface area contributed by atoms with Gasteiger partial charge < -0.3 is 10.1 Å². The summed E-state index contributed by atoms with van der Waals surface area (Å²) in [7, 11) is 0. The number of benzene rings is 1. The summed E-state index contributed by atoms with van der Waals surface area (Å²) in [5.41, 5.74) is 0.872. The SMILES string of the molecule is O=c1[nH]c2cc(F)ccc2n1CCCO. The van der Waals surface area contributed by atoms with E-state index in [4.69, 9.17) is 5.11 Å². The summed E-state index contributed by atoms with van der Waals surface area (Å²) < 4.78 is 14.3. The molecule has 2 N–H and O–H groups in total. The van der Waals surface area contributed by atoms with E-state index in [0.29, 0.717) is 24.0 Å². The van der Waals surface area contributed by atoms with Crippen LogP contribution >= 0.6 is 0 Å². The number of imidazole rings is 1. The van der Waals surface area contributed by atoms with Gasteiger partial charge in [-0.05, 0) is 24.6 Å². The van der Waals surface area contributed by atoms with Crippen molar-refractivity contribution in [1.29, 1.82) is 0 Å². The summed E-state index contributed by atoms with van der Waals surface area (Å²) in [5.74, 6) is -0.377. The fourth-order valence-corrected chi connectivity index (χ4v) is 1.59. The highest BCUT2D eigenvalue weighted by Crippen LogP contribution is 2.11. The van der Waals surface area contributed by atoms with Gasteiger partial charge in [-0.3, -0.25) is 4.57 Å². The maximum atomic E-state index is 12.9. The number of halogens is 1. The number of aliphatic hydroxyl groups excluding tert-OH is 1. The van der Waals surface area contributed by atoms with Crippen LogP contribution in [0.15, 0.2) is 23.0 Å². The quantitative estimate of drug-likeness (QED) is 0.789. The van der Waals surface area contributed by atoms with Crippen LogP contribution in [0, 0.1) is 5.82 Å². The van der Waals surface area contributed by atoms with E-state index in [-0.39, 0.29) is 18.1 Å². The molecule has 0 aliphatic rings. The summed E-state index contributed by atoms with van der Waals surface area (Å²) in [4.78, 5) is 14.0. The zero-order valence-electron chi connectivity index (χ0n) is 8.03. The third-order valence-electron chi connectivity index (χ3n) is 2.28. The Morgan fingerprint density at radius 1 is 1.47 bits per heavy atom.